The highest BCUT2D eigenvalue weighted by Gasteiger charge is 2.26. The van der Waals surface area contributed by atoms with Crippen molar-refractivity contribution in [3.63, 3.8) is 0 Å². The lowest BCUT2D eigenvalue weighted by atomic mass is 10.0. The van der Waals surface area contributed by atoms with Gasteiger partial charge in [0.2, 0.25) is 0 Å². The zero-order valence-corrected chi connectivity index (χ0v) is 8.51. The van der Waals surface area contributed by atoms with E-state index in [1.165, 1.54) is 29.7 Å². The number of aryl methyl sites for hydroxylation is 2. The van der Waals surface area contributed by atoms with E-state index in [1.807, 2.05) is 6.20 Å². The Balaban J connectivity index is 2.35. The monoisotopic (exact) mass is 175 g/mol. The minimum atomic E-state index is 0.842. The first kappa shape index (κ1) is 8.74. The van der Waals surface area contributed by atoms with Gasteiger partial charge in [-0.05, 0) is 42.7 Å². The molecule has 0 radical (unpaired) electrons. The number of nitrogens with zero attached hydrogens (tertiary/aromatic N) is 1. The highest BCUT2D eigenvalue weighted by Crippen LogP contribution is 2.41. The molecule has 13 heavy (non-hydrogen) atoms. The lowest BCUT2D eigenvalue weighted by Gasteiger charge is -2.07. The SMILES string of the molecule is CCc1cnc(CC)c(C2CC2)c1. The number of hydrogen-bond donors (Lipinski definition) is 0. The van der Waals surface area contributed by atoms with Crippen LogP contribution in [0, 0.1) is 0 Å². The first-order valence-electron chi connectivity index (χ1n) is 5.32. The van der Waals surface area contributed by atoms with Gasteiger partial charge in [-0.1, -0.05) is 19.9 Å². The van der Waals surface area contributed by atoms with E-state index in [0.717, 1.165) is 18.8 Å². The van der Waals surface area contributed by atoms with Crippen molar-refractivity contribution < 1.29 is 0 Å². The highest BCUT2D eigenvalue weighted by atomic mass is 14.7. The predicted octanol–water partition coefficient (Wildman–Crippen LogP) is 3.08. The zero-order valence-electron chi connectivity index (χ0n) is 8.51. The first-order valence-corrected chi connectivity index (χ1v) is 5.32. The third kappa shape index (κ3) is 1.74. The first-order chi connectivity index (χ1) is 6.35. The van der Waals surface area contributed by atoms with Crippen LogP contribution in [0.3, 0.4) is 0 Å². The van der Waals surface area contributed by atoms with Crippen molar-refractivity contribution in [3.8, 4) is 0 Å². The molecule has 1 aliphatic carbocycles. The Labute approximate surface area is 80.2 Å². The molecule has 0 amide bonds. The van der Waals surface area contributed by atoms with Gasteiger partial charge >= 0.3 is 0 Å². The van der Waals surface area contributed by atoms with Crippen molar-refractivity contribution in [1.29, 1.82) is 0 Å². The summed E-state index contributed by atoms with van der Waals surface area (Å²) in [5, 5.41) is 0. The Morgan fingerprint density at radius 3 is 2.62 bits per heavy atom. The molecule has 0 N–H and O–H groups in total. The Morgan fingerprint density at radius 2 is 2.08 bits per heavy atom. The minimum Gasteiger partial charge on any atom is -0.261 e. The normalized spacial score (nSPS) is 16.2. The average Bonchev–Trinajstić information content (AvgIpc) is 3.00. The van der Waals surface area contributed by atoms with Gasteiger partial charge in [0, 0.05) is 11.9 Å². The molecular formula is C12H17N. The van der Waals surface area contributed by atoms with Crippen LogP contribution in [0.5, 0.6) is 0 Å². The molecule has 0 unspecified atom stereocenters. The van der Waals surface area contributed by atoms with E-state index >= 15 is 0 Å². The summed E-state index contributed by atoms with van der Waals surface area (Å²) in [4.78, 5) is 4.53. The largest absolute Gasteiger partial charge is 0.261 e. The fraction of sp³-hybridized carbons (Fsp3) is 0.583. The van der Waals surface area contributed by atoms with Gasteiger partial charge in [-0.15, -0.1) is 0 Å². The molecule has 1 fully saturated rings. The minimum absolute atomic E-state index is 0.842. The summed E-state index contributed by atoms with van der Waals surface area (Å²) in [7, 11) is 0. The van der Waals surface area contributed by atoms with Gasteiger partial charge in [-0.25, -0.2) is 0 Å². The molecule has 1 nitrogen and oxygen atoms in total. The fourth-order valence-corrected chi connectivity index (χ4v) is 1.79. The lowest BCUT2D eigenvalue weighted by Crippen LogP contribution is -1.96. The molecule has 1 aliphatic rings. The number of hydrogen-bond acceptors (Lipinski definition) is 1. The van der Waals surface area contributed by atoms with Crippen molar-refractivity contribution in [2.45, 2.75) is 45.4 Å². The molecule has 70 valence electrons. The number of rotatable bonds is 3. The Hall–Kier alpha value is -0.850. The van der Waals surface area contributed by atoms with Gasteiger partial charge in [-0.3, -0.25) is 4.98 Å². The molecular weight excluding hydrogens is 158 g/mol. The molecule has 1 aromatic heterocycles. The van der Waals surface area contributed by atoms with Crippen LogP contribution in [-0.2, 0) is 12.8 Å². The van der Waals surface area contributed by atoms with Crippen LogP contribution in [0.1, 0.15) is 49.4 Å². The summed E-state index contributed by atoms with van der Waals surface area (Å²) in [6.45, 7) is 4.39. The molecule has 1 aromatic rings. The summed E-state index contributed by atoms with van der Waals surface area (Å²) in [6.07, 6.45) is 6.97. The molecule has 0 aromatic carbocycles. The fourth-order valence-electron chi connectivity index (χ4n) is 1.79. The maximum absolute atomic E-state index is 4.53. The molecule has 1 heteroatoms. The molecule has 1 saturated carbocycles. The van der Waals surface area contributed by atoms with Crippen molar-refractivity contribution >= 4 is 0 Å². The lowest BCUT2D eigenvalue weighted by molar-refractivity contribution is 0.936. The Morgan fingerprint density at radius 1 is 1.31 bits per heavy atom. The van der Waals surface area contributed by atoms with Gasteiger partial charge in [-0.2, -0.15) is 0 Å². The smallest absolute Gasteiger partial charge is 0.0435 e. The van der Waals surface area contributed by atoms with Gasteiger partial charge in [0.25, 0.3) is 0 Å². The van der Waals surface area contributed by atoms with Gasteiger partial charge in [0.1, 0.15) is 0 Å². The molecule has 0 spiro atoms. The van der Waals surface area contributed by atoms with Crippen LogP contribution in [0.2, 0.25) is 0 Å². The summed E-state index contributed by atoms with van der Waals surface area (Å²) < 4.78 is 0. The Kier molecular flexibility index (Phi) is 2.34. The molecule has 1 heterocycles. The third-order valence-corrected chi connectivity index (χ3v) is 2.82. The van der Waals surface area contributed by atoms with Crippen LogP contribution < -0.4 is 0 Å². The van der Waals surface area contributed by atoms with Crippen LogP contribution in [0.4, 0.5) is 0 Å². The van der Waals surface area contributed by atoms with Crippen LogP contribution in [0.15, 0.2) is 12.3 Å². The summed E-state index contributed by atoms with van der Waals surface area (Å²) >= 11 is 0. The second kappa shape index (κ2) is 3.49. The van der Waals surface area contributed by atoms with E-state index in [4.69, 9.17) is 0 Å². The zero-order chi connectivity index (χ0) is 9.26. The van der Waals surface area contributed by atoms with E-state index in [2.05, 4.69) is 24.9 Å². The van der Waals surface area contributed by atoms with Crippen molar-refractivity contribution in [2.75, 3.05) is 0 Å². The van der Waals surface area contributed by atoms with Crippen molar-refractivity contribution in [1.82, 2.24) is 4.98 Å². The van der Waals surface area contributed by atoms with E-state index in [9.17, 15) is 0 Å². The van der Waals surface area contributed by atoms with Crippen LogP contribution >= 0.6 is 0 Å². The van der Waals surface area contributed by atoms with Gasteiger partial charge < -0.3 is 0 Å². The quantitative estimate of drug-likeness (QED) is 0.688. The second-order valence-corrected chi connectivity index (χ2v) is 3.86. The Bertz CT molecular complexity index is 300. The molecule has 0 saturated heterocycles. The van der Waals surface area contributed by atoms with Crippen LogP contribution in [0.25, 0.3) is 0 Å². The van der Waals surface area contributed by atoms with E-state index in [0.29, 0.717) is 0 Å². The van der Waals surface area contributed by atoms with E-state index in [1.54, 1.807) is 0 Å². The second-order valence-electron chi connectivity index (χ2n) is 3.86. The topological polar surface area (TPSA) is 12.9 Å². The van der Waals surface area contributed by atoms with Gasteiger partial charge in [0.05, 0.1) is 0 Å². The average molecular weight is 175 g/mol. The van der Waals surface area contributed by atoms with E-state index in [-0.39, 0.29) is 0 Å². The van der Waals surface area contributed by atoms with Crippen LogP contribution in [-0.4, -0.2) is 4.98 Å². The standard InChI is InChI=1S/C12H17N/c1-3-9-7-11(10-5-6-10)12(4-2)13-8-9/h7-8,10H,3-6H2,1-2H3. The summed E-state index contributed by atoms with van der Waals surface area (Å²) in [6, 6.07) is 2.36. The van der Waals surface area contributed by atoms with Gasteiger partial charge in [0.15, 0.2) is 0 Å². The highest BCUT2D eigenvalue weighted by molar-refractivity contribution is 5.31. The molecule has 0 bridgehead atoms. The molecule has 0 aliphatic heterocycles. The maximum Gasteiger partial charge on any atom is 0.0435 e. The van der Waals surface area contributed by atoms with E-state index < -0.39 is 0 Å². The maximum atomic E-state index is 4.53. The van der Waals surface area contributed by atoms with Crippen molar-refractivity contribution in [3.05, 3.63) is 29.1 Å². The summed E-state index contributed by atoms with van der Waals surface area (Å²) in [5.74, 6) is 0.842. The molecule has 2 rings (SSSR count). The van der Waals surface area contributed by atoms with Crippen molar-refractivity contribution in [2.24, 2.45) is 0 Å². The number of pyridine rings is 1. The predicted molar refractivity (Wildman–Crippen MR) is 55.0 cm³/mol. The molecule has 0 atom stereocenters. The number of aromatic nitrogens is 1. The summed E-state index contributed by atoms with van der Waals surface area (Å²) in [5.41, 5.74) is 4.24. The third-order valence-electron chi connectivity index (χ3n) is 2.82.